The zero-order valence-electron chi connectivity index (χ0n) is 8.71. The third kappa shape index (κ3) is 1.97. The van der Waals surface area contributed by atoms with Crippen molar-refractivity contribution in [1.29, 1.82) is 0 Å². The Morgan fingerprint density at radius 2 is 2.24 bits per heavy atom. The van der Waals surface area contributed by atoms with Gasteiger partial charge in [0.2, 0.25) is 0 Å². The Hall–Kier alpha value is -1.64. The van der Waals surface area contributed by atoms with Crippen LogP contribution >= 0.6 is 22.6 Å². The van der Waals surface area contributed by atoms with Gasteiger partial charge in [-0.1, -0.05) is 0 Å². The average Bonchev–Trinajstić information content (AvgIpc) is 2.65. The molecule has 2 aromatic rings. The number of nitro groups is 1. The van der Waals surface area contributed by atoms with Crippen molar-refractivity contribution in [2.75, 3.05) is 7.11 Å². The molecule has 0 N–H and O–H groups in total. The summed E-state index contributed by atoms with van der Waals surface area (Å²) in [5, 5.41) is 11.3. The molecule has 0 amide bonds. The van der Waals surface area contributed by atoms with E-state index in [9.17, 15) is 14.9 Å². The largest absolute Gasteiger partial charge is 0.452 e. The van der Waals surface area contributed by atoms with E-state index in [0.717, 1.165) is 3.57 Å². The van der Waals surface area contributed by atoms with Gasteiger partial charge in [0.05, 0.1) is 17.5 Å². The van der Waals surface area contributed by atoms with Gasteiger partial charge in [-0.25, -0.2) is 4.79 Å². The van der Waals surface area contributed by atoms with Gasteiger partial charge < -0.3 is 4.74 Å². The minimum absolute atomic E-state index is 0.00182. The molecule has 88 valence electrons. The maximum Gasteiger partial charge on any atom is 0.418 e. The Kier molecular flexibility index (Phi) is 3.01. The molecule has 0 atom stereocenters. The highest BCUT2D eigenvalue weighted by Crippen LogP contribution is 2.27. The number of benzene rings is 1. The molecule has 2 rings (SSSR count). The molecule has 0 saturated carbocycles. The summed E-state index contributed by atoms with van der Waals surface area (Å²) in [4.78, 5) is 21.7. The van der Waals surface area contributed by atoms with Crippen molar-refractivity contribution in [1.82, 2.24) is 4.57 Å². The van der Waals surface area contributed by atoms with Gasteiger partial charge in [0.15, 0.2) is 0 Å². The quantitative estimate of drug-likeness (QED) is 0.452. The van der Waals surface area contributed by atoms with Gasteiger partial charge >= 0.3 is 6.09 Å². The lowest BCUT2D eigenvalue weighted by atomic mass is 10.2. The number of methoxy groups -OCH3 is 1. The van der Waals surface area contributed by atoms with Crippen LogP contribution in [0.1, 0.15) is 0 Å². The monoisotopic (exact) mass is 346 g/mol. The minimum atomic E-state index is -0.522. The normalized spacial score (nSPS) is 10.5. The van der Waals surface area contributed by atoms with Gasteiger partial charge in [0.25, 0.3) is 5.69 Å². The van der Waals surface area contributed by atoms with Crippen LogP contribution in [-0.2, 0) is 4.74 Å². The fraction of sp³-hybridized carbons (Fsp3) is 0.100. The number of carbonyl (C=O) groups excluding carboxylic acids is 1. The summed E-state index contributed by atoms with van der Waals surface area (Å²) in [6.45, 7) is 0. The first-order valence-corrected chi connectivity index (χ1v) is 5.66. The van der Waals surface area contributed by atoms with Crippen LogP contribution in [0.15, 0.2) is 24.4 Å². The lowest BCUT2D eigenvalue weighted by molar-refractivity contribution is -0.384. The molecule has 7 heteroatoms. The first-order chi connectivity index (χ1) is 8.04. The van der Waals surface area contributed by atoms with Gasteiger partial charge in [-0.2, -0.15) is 0 Å². The molecule has 0 unspecified atom stereocenters. The molecule has 17 heavy (non-hydrogen) atoms. The molecule has 0 spiro atoms. The van der Waals surface area contributed by atoms with Crippen molar-refractivity contribution >= 4 is 45.3 Å². The molecule has 0 fully saturated rings. The van der Waals surface area contributed by atoms with Crippen LogP contribution in [0.4, 0.5) is 10.5 Å². The number of fused-ring (bicyclic) bond motifs is 1. The van der Waals surface area contributed by atoms with Gasteiger partial charge in [-0.05, 0) is 28.7 Å². The van der Waals surface area contributed by atoms with Crippen LogP contribution in [-0.4, -0.2) is 22.7 Å². The molecule has 0 aliphatic carbocycles. The molecule has 1 heterocycles. The third-order valence-corrected chi connectivity index (χ3v) is 3.18. The minimum Gasteiger partial charge on any atom is -0.452 e. The zero-order valence-corrected chi connectivity index (χ0v) is 10.9. The number of rotatable bonds is 1. The number of non-ortho nitro benzene ring substituents is 1. The number of ether oxygens (including phenoxy) is 1. The van der Waals surface area contributed by atoms with E-state index in [-0.39, 0.29) is 5.69 Å². The Balaban J connectivity index is 2.69. The summed E-state index contributed by atoms with van der Waals surface area (Å²) in [7, 11) is 1.28. The molecule has 0 aliphatic heterocycles. The summed E-state index contributed by atoms with van der Waals surface area (Å²) < 4.78 is 6.70. The average molecular weight is 346 g/mol. The number of nitrogens with zero attached hydrogens (tertiary/aromatic N) is 2. The first kappa shape index (κ1) is 11.8. The van der Waals surface area contributed by atoms with Crippen LogP contribution in [0, 0.1) is 13.7 Å². The zero-order chi connectivity index (χ0) is 12.6. The Morgan fingerprint density at radius 1 is 1.53 bits per heavy atom. The number of halogens is 1. The molecule has 0 bridgehead atoms. The molecule has 0 saturated heterocycles. The molecule has 0 aliphatic rings. The van der Waals surface area contributed by atoms with Crippen molar-refractivity contribution in [2.45, 2.75) is 0 Å². The first-order valence-electron chi connectivity index (χ1n) is 4.58. The predicted octanol–water partition coefficient (Wildman–Crippen LogP) is 2.77. The summed E-state index contributed by atoms with van der Waals surface area (Å²) >= 11 is 2.02. The van der Waals surface area contributed by atoms with Crippen LogP contribution in [0.25, 0.3) is 10.9 Å². The summed E-state index contributed by atoms with van der Waals surface area (Å²) in [6, 6.07) is 4.33. The lowest BCUT2D eigenvalue weighted by Gasteiger charge is -2.00. The van der Waals surface area contributed by atoms with Crippen molar-refractivity contribution in [3.05, 3.63) is 38.1 Å². The van der Waals surface area contributed by atoms with Crippen LogP contribution in [0.3, 0.4) is 0 Å². The van der Waals surface area contributed by atoms with E-state index in [2.05, 4.69) is 4.74 Å². The Morgan fingerprint density at radius 3 is 2.82 bits per heavy atom. The summed E-state index contributed by atoms with van der Waals surface area (Å²) in [5.41, 5.74) is 0.588. The second-order valence-corrected chi connectivity index (χ2v) is 4.44. The van der Waals surface area contributed by atoms with Crippen molar-refractivity contribution in [3.63, 3.8) is 0 Å². The fourth-order valence-corrected chi connectivity index (χ4v) is 2.25. The highest BCUT2D eigenvalue weighted by atomic mass is 127. The lowest BCUT2D eigenvalue weighted by Crippen LogP contribution is -2.09. The van der Waals surface area contributed by atoms with Crippen LogP contribution in [0.5, 0.6) is 0 Å². The highest BCUT2D eigenvalue weighted by molar-refractivity contribution is 14.1. The number of hydrogen-bond donors (Lipinski definition) is 0. The predicted molar refractivity (Wildman–Crippen MR) is 69.1 cm³/mol. The molecular weight excluding hydrogens is 339 g/mol. The van der Waals surface area contributed by atoms with E-state index in [4.69, 9.17) is 0 Å². The second-order valence-electron chi connectivity index (χ2n) is 3.28. The van der Waals surface area contributed by atoms with E-state index in [1.54, 1.807) is 6.20 Å². The van der Waals surface area contributed by atoms with Gasteiger partial charge in [0.1, 0.15) is 0 Å². The molecule has 6 nitrogen and oxygen atoms in total. The standard InChI is InChI=1S/C10H7IN2O4/c1-17-10(14)12-5-8(11)7-4-6(13(15)16)2-3-9(7)12/h2-5H,1H3. The van der Waals surface area contributed by atoms with E-state index in [1.165, 1.54) is 29.9 Å². The van der Waals surface area contributed by atoms with Gasteiger partial charge in [-0.15, -0.1) is 0 Å². The van der Waals surface area contributed by atoms with Crippen molar-refractivity contribution in [2.24, 2.45) is 0 Å². The van der Waals surface area contributed by atoms with Gasteiger partial charge in [0, 0.05) is 27.3 Å². The van der Waals surface area contributed by atoms with Crippen LogP contribution in [0.2, 0.25) is 0 Å². The third-order valence-electron chi connectivity index (χ3n) is 2.32. The van der Waals surface area contributed by atoms with Crippen molar-refractivity contribution < 1.29 is 14.5 Å². The van der Waals surface area contributed by atoms with E-state index in [1.807, 2.05) is 22.6 Å². The van der Waals surface area contributed by atoms with E-state index >= 15 is 0 Å². The topological polar surface area (TPSA) is 74.4 Å². The number of aromatic nitrogens is 1. The Bertz CT molecular complexity index is 620. The van der Waals surface area contributed by atoms with E-state index in [0.29, 0.717) is 10.9 Å². The molecule has 1 aromatic heterocycles. The molecule has 1 aromatic carbocycles. The highest BCUT2D eigenvalue weighted by Gasteiger charge is 2.15. The number of nitro benzene ring substituents is 1. The summed E-state index contributed by atoms with van der Waals surface area (Å²) in [5.74, 6) is 0. The smallest absolute Gasteiger partial charge is 0.418 e. The van der Waals surface area contributed by atoms with Crippen LogP contribution < -0.4 is 0 Å². The fourth-order valence-electron chi connectivity index (χ4n) is 1.54. The van der Waals surface area contributed by atoms with Crippen molar-refractivity contribution in [3.8, 4) is 0 Å². The summed E-state index contributed by atoms with van der Waals surface area (Å²) in [6.07, 6.45) is 1.06. The molecular formula is C10H7IN2O4. The van der Waals surface area contributed by atoms with E-state index < -0.39 is 11.0 Å². The molecule has 0 radical (unpaired) electrons. The number of carbonyl (C=O) groups is 1. The Labute approximate surface area is 109 Å². The maximum atomic E-state index is 11.5. The second kappa shape index (κ2) is 4.32. The van der Waals surface area contributed by atoms with Gasteiger partial charge in [-0.3, -0.25) is 14.7 Å². The maximum absolute atomic E-state index is 11.5. The number of hydrogen-bond acceptors (Lipinski definition) is 4. The SMILES string of the molecule is COC(=O)n1cc(I)c2cc([N+](=O)[O-])ccc21.